The Balaban J connectivity index is 1.46. The molecule has 28 heavy (non-hydrogen) atoms. The number of halogens is 1. The number of fused-ring (bicyclic) bond motifs is 2. The van der Waals surface area contributed by atoms with Crippen molar-refractivity contribution in [1.29, 1.82) is 0 Å². The number of thiocarbonyl (C=S) groups is 1. The first-order valence-electron chi connectivity index (χ1n) is 8.34. The van der Waals surface area contributed by atoms with Crippen LogP contribution in [0.5, 0.6) is 5.88 Å². The molecule has 1 aromatic heterocycles. The van der Waals surface area contributed by atoms with Crippen molar-refractivity contribution in [2.24, 2.45) is 15.3 Å². The maximum Gasteiger partial charge on any atom is 0.234 e. The summed E-state index contributed by atoms with van der Waals surface area (Å²) in [6, 6.07) is 19.7. The van der Waals surface area contributed by atoms with Crippen LogP contribution >= 0.6 is 28.1 Å². The van der Waals surface area contributed by atoms with E-state index < -0.39 is 0 Å². The third-order valence-corrected chi connectivity index (χ3v) is 4.77. The number of hydrazone groups is 1. The van der Waals surface area contributed by atoms with Crippen LogP contribution in [0.3, 0.4) is 0 Å². The molecule has 138 valence electrons. The highest BCUT2D eigenvalue weighted by atomic mass is 79.9. The zero-order valence-electron chi connectivity index (χ0n) is 14.4. The lowest BCUT2D eigenvalue weighted by atomic mass is 10.1. The summed E-state index contributed by atoms with van der Waals surface area (Å²) >= 11 is 8.53. The largest absolute Gasteiger partial charge is 0.493 e. The Morgan fingerprint density at radius 2 is 1.89 bits per heavy atom. The zero-order chi connectivity index (χ0) is 19.5. The molecule has 4 aromatic rings. The van der Waals surface area contributed by atoms with Crippen molar-refractivity contribution in [2.75, 3.05) is 0 Å². The number of aromatic amines is 1. The number of nitrogens with one attached hydrogen (secondary N) is 2. The smallest absolute Gasteiger partial charge is 0.234 e. The van der Waals surface area contributed by atoms with Gasteiger partial charge >= 0.3 is 0 Å². The van der Waals surface area contributed by atoms with Crippen LogP contribution in [0.2, 0.25) is 0 Å². The molecule has 8 heteroatoms. The fourth-order valence-corrected chi connectivity index (χ4v) is 3.26. The van der Waals surface area contributed by atoms with Gasteiger partial charge in [0, 0.05) is 9.86 Å². The summed E-state index contributed by atoms with van der Waals surface area (Å²) in [6.07, 6.45) is 1.66. The molecule has 6 nitrogen and oxygen atoms in total. The van der Waals surface area contributed by atoms with Gasteiger partial charge in [-0.2, -0.15) is 5.10 Å². The summed E-state index contributed by atoms with van der Waals surface area (Å²) < 4.78 is 0.871. The summed E-state index contributed by atoms with van der Waals surface area (Å²) in [5.41, 5.74) is 4.67. The van der Waals surface area contributed by atoms with Gasteiger partial charge in [0.1, 0.15) is 0 Å². The fraction of sp³-hybridized carbons (Fsp3) is 0. The van der Waals surface area contributed by atoms with Crippen LogP contribution in [0.1, 0.15) is 5.56 Å². The van der Waals surface area contributed by atoms with Crippen LogP contribution in [-0.4, -0.2) is 21.4 Å². The van der Waals surface area contributed by atoms with E-state index in [2.05, 4.69) is 47.7 Å². The Kier molecular flexibility index (Phi) is 5.14. The Morgan fingerprint density at radius 3 is 2.75 bits per heavy atom. The monoisotopic (exact) mass is 451 g/mol. The van der Waals surface area contributed by atoms with Crippen LogP contribution in [0, 0.1) is 0 Å². The van der Waals surface area contributed by atoms with Gasteiger partial charge in [-0.1, -0.05) is 52.3 Å². The predicted octanol–water partition coefficient (Wildman–Crippen LogP) is 5.78. The first-order valence-corrected chi connectivity index (χ1v) is 9.54. The minimum absolute atomic E-state index is 0.0701. The van der Waals surface area contributed by atoms with E-state index in [-0.39, 0.29) is 11.0 Å². The molecular formula is C20H14BrN5OS. The van der Waals surface area contributed by atoms with Gasteiger partial charge in [0.2, 0.25) is 11.0 Å². The van der Waals surface area contributed by atoms with Crippen molar-refractivity contribution in [3.05, 3.63) is 70.7 Å². The third-order valence-electron chi connectivity index (χ3n) is 4.10. The van der Waals surface area contributed by atoms with Crippen molar-refractivity contribution in [1.82, 2.24) is 10.4 Å². The predicted molar refractivity (Wildman–Crippen MR) is 119 cm³/mol. The molecular weight excluding hydrogens is 438 g/mol. The Labute approximate surface area is 174 Å². The second-order valence-corrected chi connectivity index (χ2v) is 7.30. The SMILES string of the molecule is Oc1[nH]c2ccc(Br)cc2c1N=NC(=S)N/N=C/c1ccc2ccccc2c1. The second kappa shape index (κ2) is 7.87. The van der Waals surface area contributed by atoms with Crippen molar-refractivity contribution in [2.45, 2.75) is 0 Å². The van der Waals surface area contributed by atoms with Crippen molar-refractivity contribution in [3.8, 4) is 5.88 Å². The Bertz CT molecular complexity index is 1250. The van der Waals surface area contributed by atoms with Gasteiger partial charge in [0.15, 0.2) is 5.69 Å². The number of hydrogen-bond acceptors (Lipinski definition) is 4. The topological polar surface area (TPSA) is 85.1 Å². The van der Waals surface area contributed by atoms with Gasteiger partial charge in [-0.05, 0) is 52.8 Å². The highest BCUT2D eigenvalue weighted by molar-refractivity contribution is 9.10. The second-order valence-electron chi connectivity index (χ2n) is 5.99. The number of aromatic hydroxyl groups is 1. The van der Waals surface area contributed by atoms with Crippen LogP contribution in [0.25, 0.3) is 21.7 Å². The van der Waals surface area contributed by atoms with Crippen molar-refractivity contribution >= 4 is 66.8 Å². The summed E-state index contributed by atoms with van der Waals surface area (Å²) in [5, 5.41) is 25.2. The molecule has 3 aromatic carbocycles. The maximum absolute atomic E-state index is 10.0. The third kappa shape index (κ3) is 3.92. The number of nitrogens with zero attached hydrogens (tertiary/aromatic N) is 3. The fourth-order valence-electron chi connectivity index (χ4n) is 2.80. The van der Waals surface area contributed by atoms with E-state index in [9.17, 15) is 5.11 Å². The molecule has 0 amide bonds. The van der Waals surface area contributed by atoms with Gasteiger partial charge in [0.25, 0.3) is 0 Å². The highest BCUT2D eigenvalue weighted by Gasteiger charge is 2.10. The van der Waals surface area contributed by atoms with E-state index >= 15 is 0 Å². The van der Waals surface area contributed by atoms with Crippen LogP contribution < -0.4 is 5.43 Å². The summed E-state index contributed by atoms with van der Waals surface area (Å²) in [6.45, 7) is 0. The lowest BCUT2D eigenvalue weighted by molar-refractivity contribution is 0.459. The van der Waals surface area contributed by atoms with Crippen molar-refractivity contribution in [3.63, 3.8) is 0 Å². The highest BCUT2D eigenvalue weighted by Crippen LogP contribution is 2.36. The molecule has 0 fully saturated rings. The first-order chi connectivity index (χ1) is 13.6. The average molecular weight is 452 g/mol. The summed E-state index contributed by atoms with van der Waals surface area (Å²) in [4.78, 5) is 2.84. The number of H-pyrrole nitrogens is 1. The van der Waals surface area contributed by atoms with Crippen LogP contribution in [0.15, 0.2) is 80.5 Å². The average Bonchev–Trinajstić information content (AvgIpc) is 3.00. The lowest BCUT2D eigenvalue weighted by Gasteiger charge is -1.99. The minimum atomic E-state index is -0.0701. The summed E-state index contributed by atoms with van der Waals surface area (Å²) in [7, 11) is 0. The van der Waals surface area contributed by atoms with Crippen LogP contribution in [0.4, 0.5) is 5.69 Å². The molecule has 4 rings (SSSR count). The molecule has 0 atom stereocenters. The number of aromatic nitrogens is 1. The molecule has 0 aliphatic carbocycles. The van der Waals surface area contributed by atoms with Crippen LogP contribution in [-0.2, 0) is 0 Å². The van der Waals surface area contributed by atoms with E-state index in [4.69, 9.17) is 12.2 Å². The van der Waals surface area contributed by atoms with Gasteiger partial charge in [0.05, 0.1) is 11.7 Å². The number of rotatable bonds is 3. The Hall–Kier alpha value is -3.10. The standard InChI is InChI=1S/C20H14BrN5OS/c21-15-7-8-17-16(10-15)18(19(27)23-17)24-26-20(28)25-22-11-12-5-6-13-3-1-2-4-14(13)9-12/h1-11,23,27H,(H,25,28)/b22-11+,26-24?. The van der Waals surface area contributed by atoms with E-state index in [1.165, 1.54) is 5.39 Å². The molecule has 0 aliphatic heterocycles. The van der Waals surface area contributed by atoms with Gasteiger partial charge in [-0.15, -0.1) is 10.2 Å². The van der Waals surface area contributed by atoms with E-state index in [0.717, 1.165) is 26.3 Å². The first kappa shape index (κ1) is 18.3. The molecule has 3 N–H and O–H groups in total. The molecule has 0 aliphatic rings. The lowest BCUT2D eigenvalue weighted by Crippen LogP contribution is -2.11. The molecule has 0 saturated carbocycles. The normalized spacial score (nSPS) is 11.8. The number of azo groups is 1. The van der Waals surface area contributed by atoms with Crippen molar-refractivity contribution < 1.29 is 5.11 Å². The van der Waals surface area contributed by atoms with E-state index in [1.807, 2.05) is 54.6 Å². The number of hydrogen-bond donors (Lipinski definition) is 3. The molecule has 0 bridgehead atoms. The molecule has 0 saturated heterocycles. The maximum atomic E-state index is 10.0. The Morgan fingerprint density at radius 1 is 1.07 bits per heavy atom. The van der Waals surface area contributed by atoms with E-state index in [0.29, 0.717) is 5.69 Å². The molecule has 0 radical (unpaired) electrons. The molecule has 0 spiro atoms. The quantitative estimate of drug-likeness (QED) is 0.159. The van der Waals surface area contributed by atoms with Gasteiger partial charge in [-0.25, -0.2) is 0 Å². The van der Waals surface area contributed by atoms with E-state index in [1.54, 1.807) is 6.21 Å². The van der Waals surface area contributed by atoms with Gasteiger partial charge in [-0.3, -0.25) is 5.43 Å². The zero-order valence-corrected chi connectivity index (χ0v) is 16.8. The van der Waals surface area contributed by atoms with Gasteiger partial charge < -0.3 is 10.1 Å². The molecule has 1 heterocycles. The molecule has 0 unspecified atom stereocenters. The summed E-state index contributed by atoms with van der Waals surface area (Å²) in [5.74, 6) is -0.0701. The number of benzene rings is 3. The minimum Gasteiger partial charge on any atom is -0.493 e.